The maximum atomic E-state index is 12.1. The molecule has 166 valence electrons. The average molecular weight is 475 g/mol. The Labute approximate surface area is 200 Å². The van der Waals surface area contributed by atoms with Crippen LogP contribution < -0.4 is 21.6 Å². The summed E-state index contributed by atoms with van der Waals surface area (Å²) < 4.78 is 0. The fourth-order valence-corrected chi connectivity index (χ4v) is 4.72. The van der Waals surface area contributed by atoms with Gasteiger partial charge in [0.25, 0.3) is 11.5 Å². The summed E-state index contributed by atoms with van der Waals surface area (Å²) in [6.45, 7) is 2.05. The van der Waals surface area contributed by atoms with Crippen LogP contribution in [-0.2, 0) is 5.75 Å². The second-order valence-electron chi connectivity index (χ2n) is 7.26. The summed E-state index contributed by atoms with van der Waals surface area (Å²) in [4.78, 5) is 25.6. The molecule has 5 N–H and O–H groups in total. The number of aromatic amines is 1. The zero-order chi connectivity index (χ0) is 23.0. The quantitative estimate of drug-likeness (QED) is 0.185. The Hall–Kier alpha value is -3.49. The number of hydrogen-bond acceptors (Lipinski definition) is 4. The fourth-order valence-electron chi connectivity index (χ4n) is 3.01. The van der Waals surface area contributed by atoms with Gasteiger partial charge < -0.3 is 5.73 Å². The van der Waals surface area contributed by atoms with Crippen molar-refractivity contribution in [3.63, 3.8) is 0 Å². The van der Waals surface area contributed by atoms with Crippen molar-refractivity contribution in [2.75, 3.05) is 5.32 Å². The molecule has 0 aliphatic rings. The molecule has 0 unspecified atom stereocenters. The maximum absolute atomic E-state index is 12.1. The molecular formula is C25H24N5OS2+. The molecule has 8 heteroatoms. The zero-order valence-electron chi connectivity index (χ0n) is 18.0. The molecule has 0 fully saturated rings. The molecule has 1 aromatic heterocycles. The van der Waals surface area contributed by atoms with E-state index in [4.69, 9.17) is 5.73 Å². The minimum Gasteiger partial charge on any atom is -0.322 e. The van der Waals surface area contributed by atoms with Crippen molar-refractivity contribution < 1.29 is 4.99 Å². The van der Waals surface area contributed by atoms with Crippen molar-refractivity contribution in [2.45, 2.75) is 27.4 Å². The van der Waals surface area contributed by atoms with Gasteiger partial charge in [0.1, 0.15) is 5.69 Å². The summed E-state index contributed by atoms with van der Waals surface area (Å²) in [6, 6.07) is 27.8. The first-order chi connectivity index (χ1) is 16.0. The molecule has 0 aliphatic heterocycles. The van der Waals surface area contributed by atoms with Crippen LogP contribution in [0.15, 0.2) is 104 Å². The highest BCUT2D eigenvalue weighted by atomic mass is 32.2. The Balaban J connectivity index is 1.48. The molecular weight excluding hydrogens is 450 g/mol. The molecule has 1 heterocycles. The summed E-state index contributed by atoms with van der Waals surface area (Å²) in [7, 11) is 0. The summed E-state index contributed by atoms with van der Waals surface area (Å²) in [5.74, 6) is 1.13. The molecule has 3 aromatic carbocycles. The number of nitrogens with one attached hydrogen (secondary N) is 3. The second kappa shape index (κ2) is 10.9. The number of thioether (sulfide) groups is 1. The lowest BCUT2D eigenvalue weighted by molar-refractivity contribution is -0.365. The van der Waals surface area contributed by atoms with Crippen LogP contribution in [-0.4, -0.2) is 15.9 Å². The first kappa shape index (κ1) is 22.7. The van der Waals surface area contributed by atoms with Crippen LogP contribution in [0.4, 0.5) is 11.6 Å². The van der Waals surface area contributed by atoms with Crippen LogP contribution in [0.3, 0.4) is 0 Å². The first-order valence-electron chi connectivity index (χ1n) is 10.3. The number of guanidine groups is 1. The smallest absolute Gasteiger partial charge is 0.322 e. The van der Waals surface area contributed by atoms with Crippen molar-refractivity contribution in [3.8, 4) is 0 Å². The lowest BCUT2D eigenvalue weighted by Gasteiger charge is -2.08. The Morgan fingerprint density at radius 2 is 1.73 bits per heavy atom. The predicted molar refractivity (Wildman–Crippen MR) is 136 cm³/mol. The molecule has 4 aromatic rings. The third-order valence-corrected chi connectivity index (χ3v) is 6.71. The minimum absolute atomic E-state index is 0.236. The van der Waals surface area contributed by atoms with E-state index in [1.165, 1.54) is 11.6 Å². The third kappa shape index (κ3) is 6.74. The van der Waals surface area contributed by atoms with Crippen LogP contribution in [0.5, 0.6) is 0 Å². The average Bonchev–Trinajstić information content (AvgIpc) is 2.80. The highest BCUT2D eigenvalue weighted by Crippen LogP contribution is 2.32. The van der Waals surface area contributed by atoms with E-state index < -0.39 is 0 Å². The number of anilines is 1. The molecule has 33 heavy (non-hydrogen) atoms. The van der Waals surface area contributed by atoms with E-state index in [2.05, 4.69) is 63.6 Å². The molecule has 0 radical (unpaired) electrons. The molecule has 0 saturated heterocycles. The molecule has 0 atom stereocenters. The number of H-pyrrole nitrogens is 1. The van der Waals surface area contributed by atoms with Gasteiger partial charge >= 0.3 is 5.95 Å². The first-order valence-corrected chi connectivity index (χ1v) is 12.1. The molecule has 4 rings (SSSR count). The van der Waals surface area contributed by atoms with Crippen LogP contribution in [0.1, 0.15) is 11.3 Å². The van der Waals surface area contributed by atoms with Gasteiger partial charge in [-0.15, -0.1) is 16.7 Å². The van der Waals surface area contributed by atoms with Gasteiger partial charge in [0.2, 0.25) is 0 Å². The van der Waals surface area contributed by atoms with Crippen molar-refractivity contribution in [1.29, 1.82) is 0 Å². The van der Waals surface area contributed by atoms with Crippen molar-refractivity contribution in [1.82, 2.24) is 9.97 Å². The van der Waals surface area contributed by atoms with E-state index in [0.717, 1.165) is 20.4 Å². The highest BCUT2D eigenvalue weighted by molar-refractivity contribution is 7.99. The van der Waals surface area contributed by atoms with Gasteiger partial charge in [0.15, 0.2) is 0 Å². The Kier molecular flexibility index (Phi) is 7.49. The van der Waals surface area contributed by atoms with Gasteiger partial charge in [0.05, 0.1) is 11.4 Å². The lowest BCUT2D eigenvalue weighted by Crippen LogP contribution is -2.73. The van der Waals surface area contributed by atoms with E-state index in [1.807, 2.05) is 42.5 Å². The minimum atomic E-state index is -0.236. The third-order valence-electron chi connectivity index (χ3n) is 4.58. The van der Waals surface area contributed by atoms with E-state index in [1.54, 1.807) is 23.5 Å². The van der Waals surface area contributed by atoms with E-state index in [9.17, 15) is 4.79 Å². The van der Waals surface area contributed by atoms with Crippen LogP contribution >= 0.6 is 23.5 Å². The molecule has 0 amide bonds. The van der Waals surface area contributed by atoms with Crippen molar-refractivity contribution in [2.24, 2.45) is 5.73 Å². The van der Waals surface area contributed by atoms with Crippen molar-refractivity contribution >= 4 is 41.1 Å². The standard InChI is InChI=1S/C25H23N5OS2/c1-17-11-13-19(14-12-17)32-16-18-15-23(31)29-25(27-18)30-24(26)28-21-9-5-6-10-22(21)33-20-7-3-2-4-8-20/h2-15H,16H2,1H3,(H4,26,27,28,29,30,31)/p+1. The number of aryl methyl sites for hydroxylation is 1. The molecule has 0 spiro atoms. The summed E-state index contributed by atoms with van der Waals surface area (Å²) >= 11 is 3.26. The molecule has 6 nitrogen and oxygen atoms in total. The number of nitrogens with zero attached hydrogens (tertiary/aromatic N) is 1. The summed E-state index contributed by atoms with van der Waals surface area (Å²) in [5, 5.41) is 3.18. The van der Waals surface area contributed by atoms with E-state index in [-0.39, 0.29) is 11.5 Å². The largest absolute Gasteiger partial charge is 0.325 e. The van der Waals surface area contributed by atoms with Gasteiger partial charge in [-0.1, -0.05) is 59.8 Å². The topological polar surface area (TPSA) is 97.8 Å². The summed E-state index contributed by atoms with van der Waals surface area (Å²) in [5.41, 5.74) is 8.69. The predicted octanol–water partition coefficient (Wildman–Crippen LogP) is 3.66. The number of para-hydroxylation sites is 1. The van der Waals surface area contributed by atoms with Crippen LogP contribution in [0.25, 0.3) is 0 Å². The normalized spacial score (nSPS) is 11.4. The molecule has 0 saturated carbocycles. The number of aromatic nitrogens is 2. The van der Waals surface area contributed by atoms with Gasteiger partial charge in [-0.3, -0.25) is 10.1 Å². The molecule has 0 aliphatic carbocycles. The van der Waals surface area contributed by atoms with Crippen LogP contribution in [0.2, 0.25) is 0 Å². The summed E-state index contributed by atoms with van der Waals surface area (Å²) in [6.07, 6.45) is 0. The van der Waals surface area contributed by atoms with Gasteiger partial charge in [-0.05, 0) is 43.3 Å². The molecule has 0 bridgehead atoms. The van der Waals surface area contributed by atoms with Gasteiger partial charge in [0, 0.05) is 20.8 Å². The zero-order valence-corrected chi connectivity index (χ0v) is 19.7. The van der Waals surface area contributed by atoms with E-state index in [0.29, 0.717) is 17.4 Å². The Morgan fingerprint density at radius 1 is 1.00 bits per heavy atom. The van der Waals surface area contributed by atoms with Crippen LogP contribution in [0, 0.1) is 6.92 Å². The lowest BCUT2D eigenvalue weighted by atomic mass is 10.2. The number of benzene rings is 3. The van der Waals surface area contributed by atoms with Crippen molar-refractivity contribution in [3.05, 3.63) is 107 Å². The fraction of sp³-hybridized carbons (Fsp3) is 0.0800. The Morgan fingerprint density at radius 3 is 2.52 bits per heavy atom. The SMILES string of the molecule is Cc1ccc(SCc2cc(=O)[nH]c([NH+]=C(N)Nc3ccccc3Sc3ccccc3)n2)cc1. The van der Waals surface area contributed by atoms with E-state index >= 15 is 0 Å². The number of nitrogens with two attached hydrogens (primary N) is 1. The monoisotopic (exact) mass is 474 g/mol. The van der Waals surface area contributed by atoms with Gasteiger partial charge in [-0.2, -0.15) is 0 Å². The number of rotatable bonds is 7. The number of hydrogen-bond donors (Lipinski definition) is 4. The maximum Gasteiger partial charge on any atom is 0.325 e. The second-order valence-corrected chi connectivity index (χ2v) is 9.43. The van der Waals surface area contributed by atoms with Gasteiger partial charge in [-0.25, -0.2) is 9.98 Å². The Bertz CT molecular complexity index is 1300. The highest BCUT2D eigenvalue weighted by Gasteiger charge is 2.10.